The number of hydrogen-bond acceptors (Lipinski definition) is 2. The van der Waals surface area contributed by atoms with E-state index in [1.165, 1.54) is 128 Å². The quantitative estimate of drug-likeness (QED) is 0.195. The van der Waals surface area contributed by atoms with E-state index >= 15 is 0 Å². The number of rotatable bonds is 4. The van der Waals surface area contributed by atoms with Gasteiger partial charge in [0.15, 0.2) is 0 Å². The minimum atomic E-state index is -0.0457. The van der Waals surface area contributed by atoms with Crippen molar-refractivity contribution in [2.45, 2.75) is 145 Å². The van der Waals surface area contributed by atoms with Crippen LogP contribution in [0.3, 0.4) is 0 Å². The molecule has 0 spiro atoms. The smallest absolute Gasteiger partial charge is 0.129 e. The molecule has 0 aromatic heterocycles. The van der Waals surface area contributed by atoms with Crippen LogP contribution < -0.4 is 10.6 Å². The van der Waals surface area contributed by atoms with Gasteiger partial charge in [-0.25, -0.2) is 4.39 Å². The van der Waals surface area contributed by atoms with Crippen LogP contribution in [-0.2, 0) is 0 Å². The molecule has 0 aliphatic carbocycles. The molecule has 278 valence electrons. The molecule has 52 heavy (non-hydrogen) atoms. The van der Waals surface area contributed by atoms with Gasteiger partial charge in [0.05, 0.1) is 11.4 Å². The first-order chi connectivity index (χ1) is 24.0. The number of hydrogen-bond donors (Lipinski definition) is 2. The van der Waals surface area contributed by atoms with Crippen LogP contribution in [0.4, 0.5) is 27.1 Å². The Morgan fingerprint density at radius 1 is 0.212 bits per heavy atom. The van der Waals surface area contributed by atoms with Gasteiger partial charge >= 0.3 is 0 Å². The molecule has 0 aliphatic rings. The summed E-state index contributed by atoms with van der Waals surface area (Å²) in [6, 6.07) is 0. The fourth-order valence-corrected chi connectivity index (χ4v) is 8.11. The third kappa shape index (κ3) is 6.43. The molecule has 0 saturated carbocycles. The molecule has 0 aliphatic heterocycles. The summed E-state index contributed by atoms with van der Waals surface area (Å²) in [5.74, 6) is -0.0457. The van der Waals surface area contributed by atoms with Crippen molar-refractivity contribution in [1.82, 2.24) is 0 Å². The molecule has 0 heterocycles. The Bertz CT molecular complexity index is 2010. The second kappa shape index (κ2) is 14.7. The van der Waals surface area contributed by atoms with Crippen LogP contribution in [0.1, 0.15) is 117 Å². The van der Waals surface area contributed by atoms with Crippen molar-refractivity contribution in [3.63, 3.8) is 0 Å². The average Bonchev–Trinajstić information content (AvgIpc) is 3.12. The first-order valence-corrected chi connectivity index (χ1v) is 18.9. The molecule has 0 unspecified atom stereocenters. The van der Waals surface area contributed by atoms with Crippen LogP contribution in [-0.4, -0.2) is 0 Å². The van der Waals surface area contributed by atoms with Gasteiger partial charge in [-0.15, -0.1) is 0 Å². The van der Waals surface area contributed by atoms with Gasteiger partial charge in [-0.05, 0) is 268 Å². The van der Waals surface area contributed by atoms with Crippen LogP contribution >= 0.6 is 0 Å². The predicted molar refractivity (Wildman–Crippen MR) is 229 cm³/mol. The zero-order valence-corrected chi connectivity index (χ0v) is 36.4. The van der Waals surface area contributed by atoms with E-state index in [2.05, 4.69) is 121 Å². The zero-order chi connectivity index (χ0) is 39.6. The fourth-order valence-electron chi connectivity index (χ4n) is 8.11. The summed E-state index contributed by atoms with van der Waals surface area (Å²) < 4.78 is 13.4. The topological polar surface area (TPSA) is 24.1 Å². The van der Waals surface area contributed by atoms with E-state index in [0.717, 1.165) is 22.3 Å². The first kappa shape index (κ1) is 40.7. The molecule has 3 heteroatoms. The number of nitrogens with one attached hydrogen (secondary N) is 2. The van der Waals surface area contributed by atoms with Crippen molar-refractivity contribution < 1.29 is 4.39 Å². The summed E-state index contributed by atoms with van der Waals surface area (Å²) in [4.78, 5) is 0. The summed E-state index contributed by atoms with van der Waals surface area (Å²) >= 11 is 0. The molecular weight excluding hydrogens is 636 g/mol. The highest BCUT2D eigenvalue weighted by atomic mass is 19.1. The van der Waals surface area contributed by atoms with Crippen molar-refractivity contribution in [2.24, 2.45) is 0 Å². The minimum absolute atomic E-state index is 0.0457. The Hall–Kier alpha value is -4.11. The molecule has 0 amide bonds. The van der Waals surface area contributed by atoms with Gasteiger partial charge in [-0.3, -0.25) is 0 Å². The van der Waals surface area contributed by atoms with E-state index in [0.29, 0.717) is 0 Å². The second-order valence-corrected chi connectivity index (χ2v) is 15.9. The SMILES string of the molecule is Cc1c(C)c(C)c(F)c(C)c1C.Cc1c(C)c(C)c(Nc2c(C)c(C)c(C)c3c(C)c(C)c(C)c(Nc4c(C)c(C)c(C)c(C)c4C)c23)c(C)c1C. The van der Waals surface area contributed by atoms with E-state index in [4.69, 9.17) is 0 Å². The summed E-state index contributed by atoms with van der Waals surface area (Å²) in [6.45, 7) is 46.0. The highest BCUT2D eigenvalue weighted by molar-refractivity contribution is 6.11. The number of fused-ring (bicyclic) bond motifs is 1. The van der Waals surface area contributed by atoms with Crippen LogP contribution in [0.25, 0.3) is 10.8 Å². The van der Waals surface area contributed by atoms with E-state index in [1.54, 1.807) is 0 Å². The minimum Gasteiger partial charge on any atom is -0.354 e. The molecule has 5 aromatic rings. The summed E-state index contributed by atoms with van der Waals surface area (Å²) in [5.41, 5.74) is 31.5. The number of halogens is 1. The van der Waals surface area contributed by atoms with Crippen molar-refractivity contribution in [3.8, 4) is 0 Å². The van der Waals surface area contributed by atoms with Crippen LogP contribution in [0.2, 0.25) is 0 Å². The lowest BCUT2D eigenvalue weighted by Gasteiger charge is -2.28. The maximum absolute atomic E-state index is 13.4. The molecule has 0 atom stereocenters. The molecule has 2 nitrogen and oxygen atoms in total. The number of anilines is 4. The van der Waals surface area contributed by atoms with Gasteiger partial charge in [0.2, 0.25) is 0 Å². The number of benzene rings is 5. The maximum Gasteiger partial charge on any atom is 0.129 e. The van der Waals surface area contributed by atoms with Gasteiger partial charge in [-0.2, -0.15) is 0 Å². The third-order valence-electron chi connectivity index (χ3n) is 13.9. The summed E-state index contributed by atoms with van der Waals surface area (Å²) in [5, 5.41) is 10.8. The zero-order valence-electron chi connectivity index (χ0n) is 36.4. The molecule has 0 radical (unpaired) electrons. The summed E-state index contributed by atoms with van der Waals surface area (Å²) in [6.07, 6.45) is 0. The second-order valence-electron chi connectivity index (χ2n) is 15.9. The van der Waals surface area contributed by atoms with Gasteiger partial charge in [0.1, 0.15) is 5.82 Å². The van der Waals surface area contributed by atoms with Crippen molar-refractivity contribution in [2.75, 3.05) is 10.6 Å². The fraction of sp³-hybridized carbons (Fsp3) is 0.429. The first-order valence-electron chi connectivity index (χ1n) is 18.9. The van der Waals surface area contributed by atoms with Gasteiger partial charge < -0.3 is 10.6 Å². The van der Waals surface area contributed by atoms with E-state index in [9.17, 15) is 4.39 Å². The maximum atomic E-state index is 13.4. The molecule has 5 rings (SSSR count). The molecular formula is C49H65FN2. The van der Waals surface area contributed by atoms with Gasteiger partial charge in [-0.1, -0.05) is 0 Å². The normalized spacial score (nSPS) is 11.3. The third-order valence-corrected chi connectivity index (χ3v) is 13.9. The van der Waals surface area contributed by atoms with Crippen LogP contribution in [0, 0.1) is 151 Å². The predicted octanol–water partition coefficient (Wildman–Crippen LogP) is 14.6. The monoisotopic (exact) mass is 701 g/mol. The standard InChI is InChI=1S/C38H50N2.C11H15F/c1-17-19(3)27(11)35(28(12)20(17)4)39-37-31(15)23(7)25(9)33-26(10)24(8)32(16)38(34(33)37)40-36-29(13)21(5)18(2)22(6)30(36)14;1-6-7(2)9(4)11(12)10(5)8(6)3/h39-40H,1-16H3;1-5H3. The van der Waals surface area contributed by atoms with E-state index < -0.39 is 0 Å². The van der Waals surface area contributed by atoms with E-state index in [1.807, 2.05) is 34.6 Å². The Morgan fingerprint density at radius 2 is 0.404 bits per heavy atom. The van der Waals surface area contributed by atoms with Gasteiger partial charge in [0, 0.05) is 16.8 Å². The Morgan fingerprint density at radius 3 is 0.673 bits per heavy atom. The molecule has 5 aromatic carbocycles. The molecule has 0 saturated heterocycles. The lowest BCUT2D eigenvalue weighted by molar-refractivity contribution is 0.605. The average molecular weight is 701 g/mol. The molecule has 2 N–H and O–H groups in total. The van der Waals surface area contributed by atoms with Crippen molar-refractivity contribution >= 4 is 33.5 Å². The Balaban J connectivity index is 0.000000427. The van der Waals surface area contributed by atoms with Crippen LogP contribution in [0.15, 0.2) is 0 Å². The number of aryl methyl sites for hydroxylation is 2. The molecule has 0 bridgehead atoms. The highest BCUT2D eigenvalue weighted by Gasteiger charge is 2.24. The summed E-state index contributed by atoms with van der Waals surface area (Å²) in [7, 11) is 0. The van der Waals surface area contributed by atoms with Crippen LogP contribution in [0.5, 0.6) is 0 Å². The Kier molecular flexibility index (Phi) is 11.5. The Labute approximate surface area is 315 Å². The van der Waals surface area contributed by atoms with Crippen molar-refractivity contribution in [3.05, 3.63) is 123 Å². The van der Waals surface area contributed by atoms with E-state index in [-0.39, 0.29) is 5.82 Å². The van der Waals surface area contributed by atoms with Gasteiger partial charge in [0.25, 0.3) is 0 Å². The van der Waals surface area contributed by atoms with Crippen molar-refractivity contribution in [1.29, 1.82) is 0 Å². The highest BCUT2D eigenvalue weighted by Crippen LogP contribution is 2.47. The largest absolute Gasteiger partial charge is 0.354 e. The lowest BCUT2D eigenvalue weighted by atomic mass is 9.85. The lowest BCUT2D eigenvalue weighted by Crippen LogP contribution is -2.10. The molecule has 0 fully saturated rings.